The molecule has 2 rings (SSSR count). The van der Waals surface area contributed by atoms with Crippen molar-refractivity contribution in [1.29, 1.82) is 0 Å². The predicted octanol–water partition coefficient (Wildman–Crippen LogP) is 3.35. The van der Waals surface area contributed by atoms with E-state index in [-0.39, 0.29) is 49.3 Å². The third kappa shape index (κ3) is 6.44. The second kappa shape index (κ2) is 11.0. The van der Waals surface area contributed by atoms with E-state index in [1.165, 1.54) is 18.2 Å². The molecule has 0 heterocycles. The van der Waals surface area contributed by atoms with Crippen molar-refractivity contribution in [2.75, 3.05) is 26.4 Å². The van der Waals surface area contributed by atoms with E-state index in [0.717, 1.165) is 5.56 Å². The number of anilines is 1. The van der Waals surface area contributed by atoms with Gasteiger partial charge in [-0.25, -0.2) is 8.78 Å². The van der Waals surface area contributed by atoms with Gasteiger partial charge in [0.25, 0.3) is 0 Å². The highest BCUT2D eigenvalue weighted by molar-refractivity contribution is 5.85. The first-order valence-electron chi connectivity index (χ1n) is 7.60. The van der Waals surface area contributed by atoms with Crippen molar-refractivity contribution in [1.82, 2.24) is 10.2 Å². The van der Waals surface area contributed by atoms with Crippen molar-refractivity contribution in [2.24, 2.45) is 0 Å². The van der Waals surface area contributed by atoms with Crippen LogP contribution in [0.2, 0.25) is 0 Å². The Morgan fingerprint density at radius 1 is 1.08 bits per heavy atom. The molecule has 4 nitrogen and oxygen atoms in total. The fraction of sp³-hybridized carbons (Fsp3) is 0.278. The average molecular weight is 406 g/mol. The Bertz CT molecular complexity index is 692. The number of halogens is 4. The molecule has 0 aliphatic rings. The number of hydrogen-bond donors (Lipinski definition) is 2. The Hall–Kier alpha value is -1.89. The van der Waals surface area contributed by atoms with Crippen molar-refractivity contribution >= 4 is 36.4 Å². The number of nitrogens with zero attached hydrogens (tertiary/aromatic N) is 1. The van der Waals surface area contributed by atoms with Crippen LogP contribution < -0.4 is 11.1 Å². The molecule has 1 unspecified atom stereocenters. The minimum Gasteiger partial charge on any atom is -0.399 e. The van der Waals surface area contributed by atoms with E-state index in [9.17, 15) is 13.6 Å². The molecule has 8 heteroatoms. The predicted molar refractivity (Wildman–Crippen MR) is 105 cm³/mol. The summed E-state index contributed by atoms with van der Waals surface area (Å²) in [5.74, 6) is -1.47. The Balaban J connectivity index is 0.00000312. The molecule has 2 aromatic rings. The maximum Gasteiger partial charge on any atom is 0.224 e. The van der Waals surface area contributed by atoms with Gasteiger partial charge in [0, 0.05) is 17.8 Å². The van der Waals surface area contributed by atoms with Gasteiger partial charge in [0.2, 0.25) is 5.91 Å². The molecule has 0 saturated carbocycles. The molecule has 0 saturated heterocycles. The molecule has 1 atom stereocenters. The van der Waals surface area contributed by atoms with Gasteiger partial charge in [-0.05, 0) is 43.9 Å². The first-order chi connectivity index (χ1) is 11.4. The lowest BCUT2D eigenvalue weighted by Gasteiger charge is -2.25. The van der Waals surface area contributed by atoms with E-state index < -0.39 is 17.7 Å². The number of rotatable bonds is 6. The Labute approximate surface area is 164 Å². The van der Waals surface area contributed by atoms with Crippen LogP contribution in [0.15, 0.2) is 42.5 Å². The van der Waals surface area contributed by atoms with Crippen molar-refractivity contribution in [3.8, 4) is 0 Å². The number of benzene rings is 2. The SMILES string of the molecule is CN(C)C(CNC(=O)Cc1ccc(N)cc1)c1c(F)cccc1F.Cl.Cl. The van der Waals surface area contributed by atoms with Gasteiger partial charge in [-0.3, -0.25) is 4.79 Å². The number of hydrogen-bond acceptors (Lipinski definition) is 3. The van der Waals surface area contributed by atoms with Gasteiger partial charge in [-0.15, -0.1) is 24.8 Å². The number of carbonyl (C=O) groups excluding carboxylic acids is 1. The molecular formula is C18H23Cl2F2N3O. The molecule has 144 valence electrons. The largest absolute Gasteiger partial charge is 0.399 e. The maximum absolute atomic E-state index is 14.0. The Morgan fingerprint density at radius 3 is 2.12 bits per heavy atom. The average Bonchev–Trinajstić information content (AvgIpc) is 2.52. The van der Waals surface area contributed by atoms with Crippen molar-refractivity contribution in [2.45, 2.75) is 12.5 Å². The number of likely N-dealkylation sites (N-methyl/N-ethyl adjacent to an activating group) is 1. The molecule has 1 amide bonds. The number of nitrogens with two attached hydrogens (primary N) is 1. The van der Waals surface area contributed by atoms with Crippen LogP contribution in [0.4, 0.5) is 14.5 Å². The molecule has 2 aromatic carbocycles. The zero-order valence-electron chi connectivity index (χ0n) is 14.5. The van der Waals surface area contributed by atoms with Crippen LogP contribution in [0.3, 0.4) is 0 Å². The summed E-state index contributed by atoms with van der Waals surface area (Å²) in [5, 5.41) is 2.73. The quantitative estimate of drug-likeness (QED) is 0.724. The summed E-state index contributed by atoms with van der Waals surface area (Å²) >= 11 is 0. The molecule has 0 fully saturated rings. The van der Waals surface area contributed by atoms with Crippen molar-refractivity contribution in [3.05, 3.63) is 65.2 Å². The summed E-state index contributed by atoms with van der Waals surface area (Å²) in [6.45, 7) is 0.110. The summed E-state index contributed by atoms with van der Waals surface area (Å²) in [5.41, 5.74) is 7.01. The molecule has 3 N–H and O–H groups in total. The number of nitrogens with one attached hydrogen (secondary N) is 1. The van der Waals surface area contributed by atoms with E-state index in [0.29, 0.717) is 5.69 Å². The summed E-state index contributed by atoms with van der Waals surface area (Å²) in [4.78, 5) is 13.7. The molecule has 0 radical (unpaired) electrons. The van der Waals surface area contributed by atoms with Gasteiger partial charge in [0.15, 0.2) is 0 Å². The zero-order chi connectivity index (χ0) is 17.7. The number of amides is 1. The summed E-state index contributed by atoms with van der Waals surface area (Å²) < 4.78 is 28.0. The van der Waals surface area contributed by atoms with E-state index >= 15 is 0 Å². The Kier molecular flexibility index (Phi) is 10.2. The van der Waals surface area contributed by atoms with Crippen LogP contribution in [0.25, 0.3) is 0 Å². The van der Waals surface area contributed by atoms with Gasteiger partial charge in [0.05, 0.1) is 12.5 Å². The fourth-order valence-electron chi connectivity index (χ4n) is 2.47. The lowest BCUT2D eigenvalue weighted by atomic mass is 10.0. The molecule has 0 aromatic heterocycles. The van der Waals surface area contributed by atoms with E-state index in [1.807, 2.05) is 0 Å². The first-order valence-corrected chi connectivity index (χ1v) is 7.60. The first kappa shape index (κ1) is 24.1. The van der Waals surface area contributed by atoms with E-state index in [4.69, 9.17) is 5.73 Å². The van der Waals surface area contributed by atoms with Gasteiger partial charge >= 0.3 is 0 Å². The summed E-state index contributed by atoms with van der Waals surface area (Å²) in [7, 11) is 3.42. The topological polar surface area (TPSA) is 58.4 Å². The van der Waals surface area contributed by atoms with Gasteiger partial charge < -0.3 is 16.0 Å². The minimum absolute atomic E-state index is 0. The van der Waals surface area contributed by atoms with Gasteiger partial charge in [-0.2, -0.15) is 0 Å². The maximum atomic E-state index is 14.0. The molecule has 26 heavy (non-hydrogen) atoms. The lowest BCUT2D eigenvalue weighted by Crippen LogP contribution is -2.36. The van der Waals surface area contributed by atoms with Crippen LogP contribution in [0.5, 0.6) is 0 Å². The molecular weight excluding hydrogens is 383 g/mol. The van der Waals surface area contributed by atoms with E-state index in [1.54, 1.807) is 43.3 Å². The van der Waals surface area contributed by atoms with Crippen LogP contribution in [0, 0.1) is 11.6 Å². The lowest BCUT2D eigenvalue weighted by molar-refractivity contribution is -0.120. The van der Waals surface area contributed by atoms with Crippen LogP contribution >= 0.6 is 24.8 Å². The molecule has 0 spiro atoms. The standard InChI is InChI=1S/C18H21F2N3O.2ClH/c1-23(2)16(18-14(19)4-3-5-15(18)20)11-22-17(24)10-12-6-8-13(21)9-7-12;;/h3-9,16H,10-11,21H2,1-2H3,(H,22,24);2*1H. The van der Waals surface area contributed by atoms with E-state index in [2.05, 4.69) is 5.32 Å². The molecule has 0 aliphatic carbocycles. The molecule has 0 aliphatic heterocycles. The summed E-state index contributed by atoms with van der Waals surface area (Å²) in [6.07, 6.45) is 0.181. The third-order valence-electron chi connectivity index (χ3n) is 3.79. The van der Waals surface area contributed by atoms with Crippen LogP contribution in [-0.4, -0.2) is 31.4 Å². The number of carbonyl (C=O) groups is 1. The van der Waals surface area contributed by atoms with Gasteiger partial charge in [0.1, 0.15) is 11.6 Å². The second-order valence-corrected chi connectivity index (χ2v) is 5.84. The van der Waals surface area contributed by atoms with Crippen LogP contribution in [-0.2, 0) is 11.2 Å². The highest BCUT2D eigenvalue weighted by Gasteiger charge is 2.22. The third-order valence-corrected chi connectivity index (χ3v) is 3.79. The van der Waals surface area contributed by atoms with Gasteiger partial charge in [-0.1, -0.05) is 18.2 Å². The highest BCUT2D eigenvalue weighted by Crippen LogP contribution is 2.23. The highest BCUT2D eigenvalue weighted by atomic mass is 35.5. The number of nitrogen functional groups attached to an aromatic ring is 1. The Morgan fingerprint density at radius 2 is 1.62 bits per heavy atom. The normalized spacial score (nSPS) is 11.3. The fourth-order valence-corrected chi connectivity index (χ4v) is 2.47. The summed E-state index contributed by atoms with van der Waals surface area (Å²) in [6, 6.07) is 10.1. The van der Waals surface area contributed by atoms with Crippen LogP contribution in [0.1, 0.15) is 17.2 Å². The van der Waals surface area contributed by atoms with Crippen molar-refractivity contribution < 1.29 is 13.6 Å². The minimum atomic E-state index is -0.624. The van der Waals surface area contributed by atoms with Crippen molar-refractivity contribution in [3.63, 3.8) is 0 Å². The second-order valence-electron chi connectivity index (χ2n) is 5.84. The monoisotopic (exact) mass is 405 g/mol. The smallest absolute Gasteiger partial charge is 0.224 e. The zero-order valence-corrected chi connectivity index (χ0v) is 16.2. The molecule has 0 bridgehead atoms.